The summed E-state index contributed by atoms with van der Waals surface area (Å²) in [7, 11) is 1.82. The molecule has 0 aliphatic rings. The van der Waals surface area contributed by atoms with E-state index in [9.17, 15) is 4.79 Å². The zero-order valence-corrected chi connectivity index (χ0v) is 13.1. The number of amides is 1. The fourth-order valence-corrected chi connectivity index (χ4v) is 2.31. The van der Waals surface area contributed by atoms with Crippen molar-refractivity contribution >= 4 is 17.7 Å². The average molecular weight is 301 g/mol. The van der Waals surface area contributed by atoms with Crippen LogP contribution in [0.3, 0.4) is 0 Å². The van der Waals surface area contributed by atoms with Gasteiger partial charge in [-0.25, -0.2) is 4.98 Å². The van der Waals surface area contributed by atoms with E-state index in [0.717, 1.165) is 17.3 Å². The van der Waals surface area contributed by atoms with Crippen molar-refractivity contribution in [2.24, 2.45) is 7.05 Å². The van der Waals surface area contributed by atoms with Crippen LogP contribution in [0.4, 0.5) is 0 Å². The Balaban J connectivity index is 2.18. The summed E-state index contributed by atoms with van der Waals surface area (Å²) in [6, 6.07) is 0. The molecule has 0 unspecified atom stereocenters. The van der Waals surface area contributed by atoms with Gasteiger partial charge >= 0.3 is 0 Å². The molecule has 0 aliphatic carbocycles. The van der Waals surface area contributed by atoms with Crippen molar-refractivity contribution in [3.63, 3.8) is 0 Å². The number of ether oxygens (including phenoxy) is 1. The molecule has 0 saturated carbocycles. The lowest BCUT2D eigenvalue weighted by Crippen LogP contribution is -2.27. The fraction of sp³-hybridized carbons (Fsp3) is 0.692. The minimum absolute atomic E-state index is 0.0203. The molecule has 1 heterocycles. The van der Waals surface area contributed by atoms with Gasteiger partial charge in [-0.2, -0.15) is 0 Å². The average Bonchev–Trinajstić information content (AvgIpc) is 2.76. The molecule has 114 valence electrons. The van der Waals surface area contributed by atoms with Gasteiger partial charge in [0.2, 0.25) is 5.91 Å². The maximum Gasteiger partial charge on any atom is 0.230 e. The molecule has 7 heteroatoms. The molecule has 1 amide bonds. The largest absolute Gasteiger partial charge is 0.390 e. The third-order valence-electron chi connectivity index (χ3n) is 2.63. The third kappa shape index (κ3) is 5.94. The summed E-state index contributed by atoms with van der Waals surface area (Å²) in [6.45, 7) is 5.20. The minimum atomic E-state index is -0.0495. The molecule has 0 spiro atoms. The lowest BCUT2D eigenvalue weighted by Gasteiger charge is -2.08. The van der Waals surface area contributed by atoms with Crippen molar-refractivity contribution in [3.8, 4) is 0 Å². The Kier molecular flexibility index (Phi) is 7.64. The molecule has 0 atom stereocenters. The van der Waals surface area contributed by atoms with Gasteiger partial charge in [-0.1, -0.05) is 11.8 Å². The summed E-state index contributed by atoms with van der Waals surface area (Å²) in [4.78, 5) is 15.8. The topological polar surface area (TPSA) is 76.4 Å². The molecule has 0 saturated heterocycles. The van der Waals surface area contributed by atoms with Gasteiger partial charge in [-0.15, -0.1) is 0 Å². The summed E-state index contributed by atoms with van der Waals surface area (Å²) < 4.78 is 7.18. The molecule has 1 aromatic rings. The van der Waals surface area contributed by atoms with Gasteiger partial charge in [0.15, 0.2) is 5.16 Å². The molecule has 6 nitrogen and oxygen atoms in total. The molecule has 0 aliphatic heterocycles. The summed E-state index contributed by atoms with van der Waals surface area (Å²) in [5.74, 6) is 0.300. The fourth-order valence-electron chi connectivity index (χ4n) is 1.51. The van der Waals surface area contributed by atoms with Crippen LogP contribution in [0.5, 0.6) is 0 Å². The first kappa shape index (κ1) is 17.0. The number of nitrogens with zero attached hydrogens (tertiary/aromatic N) is 2. The number of thioether (sulfide) groups is 1. The van der Waals surface area contributed by atoms with E-state index in [0.29, 0.717) is 18.9 Å². The van der Waals surface area contributed by atoms with E-state index in [1.807, 2.05) is 20.9 Å². The van der Waals surface area contributed by atoms with Crippen molar-refractivity contribution in [1.82, 2.24) is 14.9 Å². The highest BCUT2D eigenvalue weighted by atomic mass is 32.2. The van der Waals surface area contributed by atoms with Gasteiger partial charge in [-0.05, 0) is 20.3 Å². The monoisotopic (exact) mass is 301 g/mol. The Morgan fingerprint density at radius 3 is 2.95 bits per heavy atom. The number of hydrogen-bond acceptors (Lipinski definition) is 5. The van der Waals surface area contributed by atoms with Gasteiger partial charge in [0.05, 0.1) is 30.4 Å². The molecule has 0 fully saturated rings. The van der Waals surface area contributed by atoms with Crippen LogP contribution in [-0.2, 0) is 23.2 Å². The highest BCUT2D eigenvalue weighted by Crippen LogP contribution is 2.16. The Morgan fingerprint density at radius 2 is 2.35 bits per heavy atom. The van der Waals surface area contributed by atoms with Crippen LogP contribution in [0.2, 0.25) is 0 Å². The molecule has 1 aromatic heterocycles. The molecule has 1 rings (SSSR count). The summed E-state index contributed by atoms with van der Waals surface area (Å²) in [5.41, 5.74) is 0.735. The van der Waals surface area contributed by atoms with E-state index in [1.54, 1.807) is 10.8 Å². The second-order valence-electron chi connectivity index (χ2n) is 4.66. The van der Waals surface area contributed by atoms with Crippen LogP contribution in [0, 0.1) is 0 Å². The van der Waals surface area contributed by atoms with Gasteiger partial charge in [0.25, 0.3) is 0 Å². The van der Waals surface area contributed by atoms with Gasteiger partial charge in [0, 0.05) is 20.2 Å². The highest BCUT2D eigenvalue weighted by molar-refractivity contribution is 7.99. The number of carbonyl (C=O) groups is 1. The van der Waals surface area contributed by atoms with E-state index in [1.165, 1.54) is 11.8 Å². The van der Waals surface area contributed by atoms with Gasteiger partial charge < -0.3 is 19.7 Å². The molecular weight excluding hydrogens is 278 g/mol. The number of aliphatic hydroxyl groups excluding tert-OH is 1. The number of aromatic nitrogens is 2. The molecule has 2 N–H and O–H groups in total. The Bertz CT molecular complexity index is 421. The molecular formula is C13H23N3O3S. The lowest BCUT2D eigenvalue weighted by atomic mass is 10.4. The number of imidazole rings is 1. The van der Waals surface area contributed by atoms with Crippen LogP contribution >= 0.6 is 11.8 Å². The second-order valence-corrected chi connectivity index (χ2v) is 5.60. The zero-order valence-electron chi connectivity index (χ0n) is 12.3. The Hall–Kier alpha value is -1.05. The van der Waals surface area contributed by atoms with E-state index < -0.39 is 0 Å². The smallest absolute Gasteiger partial charge is 0.230 e. The van der Waals surface area contributed by atoms with Crippen molar-refractivity contribution in [2.45, 2.75) is 38.1 Å². The van der Waals surface area contributed by atoms with Crippen LogP contribution in [0.1, 0.15) is 26.0 Å². The number of hydrogen-bond donors (Lipinski definition) is 2. The third-order valence-corrected chi connectivity index (χ3v) is 3.67. The molecule has 20 heavy (non-hydrogen) atoms. The van der Waals surface area contributed by atoms with Gasteiger partial charge in [0.1, 0.15) is 0 Å². The normalized spacial score (nSPS) is 11.1. The van der Waals surface area contributed by atoms with E-state index in [4.69, 9.17) is 9.84 Å². The summed E-state index contributed by atoms with van der Waals surface area (Å²) in [5, 5.41) is 12.6. The summed E-state index contributed by atoms with van der Waals surface area (Å²) >= 11 is 1.36. The molecule has 0 radical (unpaired) electrons. The van der Waals surface area contributed by atoms with Crippen molar-refractivity contribution < 1.29 is 14.6 Å². The number of aliphatic hydroxyl groups is 1. The SMILES string of the molecule is CC(C)OCCCNC(=O)CSc1ncc(CO)n1C. The van der Waals surface area contributed by atoms with Crippen molar-refractivity contribution in [1.29, 1.82) is 0 Å². The number of carbonyl (C=O) groups excluding carboxylic acids is 1. The van der Waals surface area contributed by atoms with Crippen LogP contribution in [-0.4, -0.2) is 45.6 Å². The van der Waals surface area contributed by atoms with Crippen LogP contribution < -0.4 is 5.32 Å². The minimum Gasteiger partial charge on any atom is -0.390 e. The van der Waals surface area contributed by atoms with E-state index >= 15 is 0 Å². The highest BCUT2D eigenvalue weighted by Gasteiger charge is 2.08. The maximum absolute atomic E-state index is 11.6. The Labute approximate surface area is 123 Å². The number of rotatable bonds is 9. The lowest BCUT2D eigenvalue weighted by molar-refractivity contribution is -0.118. The first-order chi connectivity index (χ1) is 9.54. The Morgan fingerprint density at radius 1 is 1.60 bits per heavy atom. The molecule has 0 aromatic carbocycles. The summed E-state index contributed by atoms with van der Waals surface area (Å²) in [6.07, 6.45) is 2.65. The van der Waals surface area contributed by atoms with Gasteiger partial charge in [-0.3, -0.25) is 4.79 Å². The predicted molar refractivity (Wildman–Crippen MR) is 78.6 cm³/mol. The van der Waals surface area contributed by atoms with Crippen molar-refractivity contribution in [2.75, 3.05) is 18.9 Å². The van der Waals surface area contributed by atoms with Crippen molar-refractivity contribution in [3.05, 3.63) is 11.9 Å². The maximum atomic E-state index is 11.6. The van der Waals surface area contributed by atoms with E-state index in [-0.39, 0.29) is 18.6 Å². The quantitative estimate of drug-likeness (QED) is 0.524. The first-order valence-electron chi connectivity index (χ1n) is 6.67. The van der Waals surface area contributed by atoms with Crippen LogP contribution in [0.25, 0.3) is 0 Å². The van der Waals surface area contributed by atoms with E-state index in [2.05, 4.69) is 10.3 Å². The van der Waals surface area contributed by atoms with Crippen LogP contribution in [0.15, 0.2) is 11.4 Å². The first-order valence-corrected chi connectivity index (χ1v) is 7.65. The standard InChI is InChI=1S/C13H23N3O3S/c1-10(2)19-6-4-5-14-12(18)9-20-13-15-7-11(8-17)16(13)3/h7,10,17H,4-6,8-9H2,1-3H3,(H,14,18). The zero-order chi connectivity index (χ0) is 15.0. The molecule has 0 bridgehead atoms. The second kappa shape index (κ2) is 8.99. The number of nitrogens with one attached hydrogen (secondary N) is 1. The predicted octanol–water partition coefficient (Wildman–Crippen LogP) is 0.936.